The first kappa shape index (κ1) is 23.7. The zero-order valence-corrected chi connectivity index (χ0v) is 20.4. The van der Waals surface area contributed by atoms with Crippen LogP contribution in [0.5, 0.6) is 5.75 Å². The summed E-state index contributed by atoms with van der Waals surface area (Å²) < 4.78 is 60.0. The van der Waals surface area contributed by atoms with Crippen molar-refractivity contribution in [2.75, 3.05) is 23.7 Å². The third-order valence-corrected chi connectivity index (χ3v) is 8.56. The van der Waals surface area contributed by atoms with Crippen LogP contribution < -0.4 is 9.04 Å². The number of hydrogen-bond donors (Lipinski definition) is 0. The number of hydrogen-bond acceptors (Lipinski definition) is 7. The highest BCUT2D eigenvalue weighted by atomic mass is 32.2. The molecule has 178 valence electrons. The van der Waals surface area contributed by atoms with Crippen LogP contribution in [-0.4, -0.2) is 52.9 Å². The fraction of sp³-hybridized carbons (Fsp3) is 0.217. The molecule has 2 aromatic rings. The van der Waals surface area contributed by atoms with Gasteiger partial charge >= 0.3 is 5.97 Å². The Morgan fingerprint density at radius 1 is 1.09 bits per heavy atom. The van der Waals surface area contributed by atoms with Crippen molar-refractivity contribution in [2.24, 2.45) is 4.40 Å². The lowest BCUT2D eigenvalue weighted by atomic mass is 10.1. The van der Waals surface area contributed by atoms with Crippen LogP contribution in [0.25, 0.3) is 0 Å². The Hall–Kier alpha value is -3.44. The molecule has 0 atom stereocenters. The van der Waals surface area contributed by atoms with Crippen LogP contribution in [0.4, 0.5) is 5.69 Å². The SMILES string of the molecule is Cc1ccc(S(=O)(=O)N(C)c2ccc(OC(=O)C3=CC=CN4CCS(=O)(=O)N=C34)cc2)cc1C. The van der Waals surface area contributed by atoms with E-state index in [9.17, 15) is 21.6 Å². The summed E-state index contributed by atoms with van der Waals surface area (Å²) in [5.74, 6) is -0.709. The highest BCUT2D eigenvalue weighted by Gasteiger charge is 2.31. The quantitative estimate of drug-likeness (QED) is 0.457. The molecule has 0 unspecified atom stereocenters. The number of allylic oxidation sites excluding steroid dienone is 2. The molecule has 0 amide bonds. The fourth-order valence-corrected chi connectivity index (χ4v) is 5.70. The van der Waals surface area contributed by atoms with Gasteiger partial charge in [-0.15, -0.1) is 4.40 Å². The highest BCUT2D eigenvalue weighted by molar-refractivity contribution is 7.92. The van der Waals surface area contributed by atoms with Gasteiger partial charge in [0.2, 0.25) is 0 Å². The molecule has 0 aromatic heterocycles. The summed E-state index contributed by atoms with van der Waals surface area (Å²) in [7, 11) is -5.98. The topological polar surface area (TPSA) is 113 Å². The second kappa shape index (κ2) is 8.73. The first-order chi connectivity index (χ1) is 16.0. The molecule has 4 rings (SSSR count). The number of carbonyl (C=O) groups excluding carboxylic acids is 1. The van der Waals surface area contributed by atoms with Crippen molar-refractivity contribution >= 4 is 37.5 Å². The second-order valence-electron chi connectivity index (χ2n) is 7.92. The second-order valence-corrected chi connectivity index (χ2v) is 11.6. The Balaban J connectivity index is 1.52. The van der Waals surface area contributed by atoms with Crippen molar-refractivity contribution in [3.05, 3.63) is 77.5 Å². The first-order valence-electron chi connectivity index (χ1n) is 10.3. The van der Waals surface area contributed by atoms with E-state index in [1.54, 1.807) is 35.4 Å². The van der Waals surface area contributed by atoms with E-state index < -0.39 is 26.0 Å². The number of rotatable bonds is 5. The first-order valence-corrected chi connectivity index (χ1v) is 13.4. The number of anilines is 1. The van der Waals surface area contributed by atoms with Gasteiger partial charge in [0.15, 0.2) is 5.84 Å². The standard InChI is InChI=1S/C23H23N3O6S2/c1-16-6-11-20(15-17(16)2)34(30,31)25(3)18-7-9-19(10-8-18)32-23(27)21-5-4-12-26-13-14-33(28,29)24-22(21)26/h4-12,15H,13-14H2,1-3H3. The largest absolute Gasteiger partial charge is 0.423 e. The predicted molar refractivity (Wildman–Crippen MR) is 129 cm³/mol. The Bertz CT molecular complexity index is 1460. The number of esters is 1. The van der Waals surface area contributed by atoms with E-state index in [0.29, 0.717) is 5.69 Å². The maximum Gasteiger partial charge on any atom is 0.347 e. The summed E-state index contributed by atoms with van der Waals surface area (Å²) in [6.45, 7) is 3.95. The maximum absolute atomic E-state index is 13.0. The summed E-state index contributed by atoms with van der Waals surface area (Å²) in [6, 6.07) is 10.9. The van der Waals surface area contributed by atoms with Crippen molar-refractivity contribution in [2.45, 2.75) is 18.7 Å². The Kier molecular flexibility index (Phi) is 6.09. The predicted octanol–water partition coefficient (Wildman–Crippen LogP) is 2.53. The Morgan fingerprint density at radius 3 is 2.47 bits per heavy atom. The van der Waals surface area contributed by atoms with Crippen molar-refractivity contribution in [3.8, 4) is 5.75 Å². The van der Waals surface area contributed by atoms with Gasteiger partial charge < -0.3 is 9.64 Å². The van der Waals surface area contributed by atoms with Crippen LogP contribution in [0.2, 0.25) is 0 Å². The van der Waals surface area contributed by atoms with Gasteiger partial charge in [-0.3, -0.25) is 4.31 Å². The minimum atomic E-state index is -3.78. The van der Waals surface area contributed by atoms with Crippen molar-refractivity contribution in [3.63, 3.8) is 0 Å². The molecule has 2 aromatic carbocycles. The molecule has 0 saturated carbocycles. The third kappa shape index (κ3) is 4.62. The number of benzene rings is 2. The lowest BCUT2D eigenvalue weighted by molar-refractivity contribution is -0.129. The minimum Gasteiger partial charge on any atom is -0.423 e. The number of ether oxygens (including phenoxy) is 1. The van der Waals surface area contributed by atoms with Crippen LogP contribution in [0.15, 0.2) is 75.7 Å². The van der Waals surface area contributed by atoms with E-state index in [-0.39, 0.29) is 34.4 Å². The van der Waals surface area contributed by atoms with Gasteiger partial charge in [0.1, 0.15) is 11.3 Å². The molecule has 11 heteroatoms. The summed E-state index contributed by atoms with van der Waals surface area (Å²) >= 11 is 0. The van der Waals surface area contributed by atoms with E-state index in [2.05, 4.69) is 4.40 Å². The van der Waals surface area contributed by atoms with E-state index in [1.165, 1.54) is 37.4 Å². The smallest absolute Gasteiger partial charge is 0.347 e. The van der Waals surface area contributed by atoms with Gasteiger partial charge in [0.05, 0.1) is 16.3 Å². The number of aryl methyl sites for hydroxylation is 2. The van der Waals surface area contributed by atoms with E-state index in [0.717, 1.165) is 15.4 Å². The molecule has 2 aliphatic rings. The van der Waals surface area contributed by atoms with Gasteiger partial charge in [-0.25, -0.2) is 21.6 Å². The van der Waals surface area contributed by atoms with Crippen molar-refractivity contribution < 1.29 is 26.4 Å². The summed E-state index contributed by atoms with van der Waals surface area (Å²) in [4.78, 5) is 14.5. The number of fused-ring (bicyclic) bond motifs is 1. The average Bonchev–Trinajstić information content (AvgIpc) is 2.79. The Labute approximate surface area is 198 Å². The van der Waals surface area contributed by atoms with Gasteiger partial charge in [-0.05, 0) is 73.5 Å². The van der Waals surface area contributed by atoms with Crippen molar-refractivity contribution in [1.29, 1.82) is 0 Å². The normalized spacial score (nSPS) is 16.9. The van der Waals surface area contributed by atoms with E-state index >= 15 is 0 Å². The van der Waals surface area contributed by atoms with Crippen LogP contribution in [-0.2, 0) is 24.8 Å². The summed E-state index contributed by atoms with van der Waals surface area (Å²) in [5, 5.41) is 0. The number of amidine groups is 1. The zero-order chi connectivity index (χ0) is 24.7. The fourth-order valence-electron chi connectivity index (χ4n) is 3.43. The molecule has 9 nitrogen and oxygen atoms in total. The molecule has 0 N–H and O–H groups in total. The van der Waals surface area contributed by atoms with Crippen LogP contribution >= 0.6 is 0 Å². The molecule has 0 aliphatic carbocycles. The molecule has 2 heterocycles. The monoisotopic (exact) mass is 501 g/mol. The molecule has 2 aliphatic heterocycles. The number of carbonyl (C=O) groups is 1. The molecule has 0 bridgehead atoms. The van der Waals surface area contributed by atoms with Crippen LogP contribution in [0.3, 0.4) is 0 Å². The lowest BCUT2D eigenvalue weighted by Crippen LogP contribution is -2.40. The zero-order valence-electron chi connectivity index (χ0n) is 18.8. The van der Waals surface area contributed by atoms with Gasteiger partial charge in [-0.2, -0.15) is 0 Å². The van der Waals surface area contributed by atoms with Crippen molar-refractivity contribution in [1.82, 2.24) is 4.90 Å². The number of nitrogens with zero attached hydrogens (tertiary/aromatic N) is 3. The summed E-state index contributed by atoms with van der Waals surface area (Å²) in [5.41, 5.74) is 2.27. The lowest BCUT2D eigenvalue weighted by Gasteiger charge is -2.28. The maximum atomic E-state index is 13.0. The van der Waals surface area contributed by atoms with Gasteiger partial charge in [0.25, 0.3) is 20.0 Å². The van der Waals surface area contributed by atoms with Gasteiger partial charge in [-0.1, -0.05) is 6.07 Å². The Morgan fingerprint density at radius 2 is 1.79 bits per heavy atom. The summed E-state index contributed by atoms with van der Waals surface area (Å²) in [6.07, 6.45) is 4.70. The molecule has 0 saturated heterocycles. The van der Waals surface area contributed by atoms with Crippen LogP contribution in [0, 0.1) is 13.8 Å². The molecule has 0 fully saturated rings. The average molecular weight is 502 g/mol. The molecular formula is C23H23N3O6S2. The molecular weight excluding hydrogens is 478 g/mol. The van der Waals surface area contributed by atoms with E-state index in [1.807, 2.05) is 13.8 Å². The van der Waals surface area contributed by atoms with Crippen LogP contribution in [0.1, 0.15) is 11.1 Å². The number of sulfonamides is 2. The highest BCUT2D eigenvalue weighted by Crippen LogP contribution is 2.26. The molecule has 0 spiro atoms. The van der Waals surface area contributed by atoms with E-state index in [4.69, 9.17) is 4.74 Å². The minimum absolute atomic E-state index is 0.0179. The third-order valence-electron chi connectivity index (χ3n) is 5.63. The molecule has 0 radical (unpaired) electrons. The molecule has 34 heavy (non-hydrogen) atoms. The van der Waals surface area contributed by atoms with Gasteiger partial charge in [0, 0.05) is 19.8 Å².